The number of nitrogens with one attached hydrogen (secondary N) is 3. The SMILES string of the molecule is O=C(NC(Cc1ccccc1Cl)C(O)c1cc[nH]c(=O)c1)c1cc2cc(Cl)ccc2[nH]1. The molecule has 0 saturated carbocycles. The van der Waals surface area contributed by atoms with E-state index in [1.807, 2.05) is 18.2 Å². The second-order valence-electron chi connectivity index (χ2n) is 7.22. The minimum Gasteiger partial charge on any atom is -0.386 e. The van der Waals surface area contributed by atoms with E-state index in [1.165, 1.54) is 12.3 Å². The highest BCUT2D eigenvalue weighted by Crippen LogP contribution is 2.24. The van der Waals surface area contributed by atoms with Gasteiger partial charge in [-0.3, -0.25) is 9.59 Å². The lowest BCUT2D eigenvalue weighted by Crippen LogP contribution is -2.41. The Bertz CT molecular complexity index is 1300. The number of hydrogen-bond donors (Lipinski definition) is 4. The van der Waals surface area contributed by atoms with Crippen LogP contribution < -0.4 is 10.9 Å². The van der Waals surface area contributed by atoms with Crippen LogP contribution in [-0.2, 0) is 6.42 Å². The van der Waals surface area contributed by atoms with Crippen molar-refractivity contribution in [3.05, 3.63) is 104 Å². The van der Waals surface area contributed by atoms with E-state index in [0.717, 1.165) is 16.5 Å². The first kappa shape index (κ1) is 21.2. The van der Waals surface area contributed by atoms with Crippen LogP contribution in [0.1, 0.15) is 27.7 Å². The van der Waals surface area contributed by atoms with Gasteiger partial charge in [0, 0.05) is 33.2 Å². The highest BCUT2D eigenvalue weighted by molar-refractivity contribution is 6.31. The molecule has 8 heteroatoms. The van der Waals surface area contributed by atoms with Gasteiger partial charge in [0.05, 0.1) is 12.1 Å². The van der Waals surface area contributed by atoms with E-state index >= 15 is 0 Å². The van der Waals surface area contributed by atoms with Gasteiger partial charge in [-0.05, 0) is 53.9 Å². The van der Waals surface area contributed by atoms with Crippen LogP contribution >= 0.6 is 23.2 Å². The third-order valence-corrected chi connectivity index (χ3v) is 5.67. The molecule has 0 aliphatic heterocycles. The molecule has 4 N–H and O–H groups in total. The van der Waals surface area contributed by atoms with Crippen molar-refractivity contribution >= 4 is 40.0 Å². The topological polar surface area (TPSA) is 98.0 Å². The third-order valence-electron chi connectivity index (χ3n) is 5.06. The molecule has 0 saturated heterocycles. The van der Waals surface area contributed by atoms with Crippen molar-refractivity contribution in [1.29, 1.82) is 0 Å². The summed E-state index contributed by atoms with van der Waals surface area (Å²) in [5.41, 5.74) is 1.92. The zero-order valence-electron chi connectivity index (χ0n) is 16.2. The number of halogens is 2. The Morgan fingerprint density at radius 3 is 2.65 bits per heavy atom. The van der Waals surface area contributed by atoms with Crippen molar-refractivity contribution < 1.29 is 9.90 Å². The number of carbonyl (C=O) groups excluding carboxylic acids is 1. The van der Waals surface area contributed by atoms with Crippen LogP contribution in [0.3, 0.4) is 0 Å². The van der Waals surface area contributed by atoms with E-state index < -0.39 is 18.1 Å². The normalized spacial score (nSPS) is 13.1. The Morgan fingerprint density at radius 1 is 1.06 bits per heavy atom. The standard InChI is InChI=1S/C23H19Cl2N3O3/c24-16-5-6-18-15(9-16)11-20(27-18)23(31)28-19(10-13-3-1-2-4-17(13)25)22(30)14-7-8-26-21(29)12-14/h1-9,11-12,19,22,27,30H,10H2,(H,26,29)(H,28,31). The molecule has 4 aromatic rings. The van der Waals surface area contributed by atoms with E-state index in [2.05, 4.69) is 15.3 Å². The Kier molecular flexibility index (Phi) is 6.13. The summed E-state index contributed by atoms with van der Waals surface area (Å²) in [6, 6.07) is 16.4. The Labute approximate surface area is 187 Å². The highest BCUT2D eigenvalue weighted by Gasteiger charge is 2.25. The van der Waals surface area contributed by atoms with Crippen LogP contribution in [0.5, 0.6) is 0 Å². The minimum atomic E-state index is -1.12. The van der Waals surface area contributed by atoms with E-state index in [0.29, 0.717) is 21.3 Å². The van der Waals surface area contributed by atoms with Crippen molar-refractivity contribution in [2.45, 2.75) is 18.6 Å². The summed E-state index contributed by atoms with van der Waals surface area (Å²) >= 11 is 12.3. The molecule has 0 aliphatic carbocycles. The van der Waals surface area contributed by atoms with Crippen LogP contribution in [0.2, 0.25) is 10.0 Å². The van der Waals surface area contributed by atoms with Crippen LogP contribution in [0, 0.1) is 0 Å². The number of hydrogen-bond acceptors (Lipinski definition) is 3. The van der Waals surface area contributed by atoms with Crippen LogP contribution in [-0.4, -0.2) is 27.0 Å². The molecule has 6 nitrogen and oxygen atoms in total. The van der Waals surface area contributed by atoms with Gasteiger partial charge in [0.25, 0.3) is 5.91 Å². The lowest BCUT2D eigenvalue weighted by molar-refractivity contribution is 0.0828. The molecule has 2 heterocycles. The number of benzene rings is 2. The van der Waals surface area contributed by atoms with Crippen LogP contribution in [0.4, 0.5) is 0 Å². The summed E-state index contributed by atoms with van der Waals surface area (Å²) in [5.74, 6) is -0.395. The number of rotatable bonds is 6. The quantitative estimate of drug-likeness (QED) is 0.350. The Morgan fingerprint density at radius 2 is 1.87 bits per heavy atom. The minimum absolute atomic E-state index is 0.269. The van der Waals surface area contributed by atoms with E-state index in [-0.39, 0.29) is 12.0 Å². The molecular formula is C23H19Cl2N3O3. The molecule has 31 heavy (non-hydrogen) atoms. The lowest BCUT2D eigenvalue weighted by Gasteiger charge is -2.25. The molecule has 2 aromatic heterocycles. The van der Waals surface area contributed by atoms with Gasteiger partial charge < -0.3 is 20.4 Å². The summed E-state index contributed by atoms with van der Waals surface area (Å²) in [5, 5.41) is 15.8. The molecule has 4 rings (SSSR count). The first-order valence-electron chi connectivity index (χ1n) is 9.60. The predicted molar refractivity (Wildman–Crippen MR) is 122 cm³/mol. The smallest absolute Gasteiger partial charge is 0.268 e. The van der Waals surface area contributed by atoms with Gasteiger partial charge in [0.15, 0.2) is 0 Å². The number of fused-ring (bicyclic) bond motifs is 1. The fraction of sp³-hybridized carbons (Fsp3) is 0.130. The van der Waals surface area contributed by atoms with Gasteiger partial charge in [0.1, 0.15) is 5.69 Å². The molecule has 0 spiro atoms. The van der Waals surface area contributed by atoms with Crippen molar-refractivity contribution in [3.8, 4) is 0 Å². The number of aromatic nitrogens is 2. The summed E-state index contributed by atoms with van der Waals surface area (Å²) in [6.07, 6.45) is 0.601. The van der Waals surface area contributed by atoms with Crippen molar-refractivity contribution in [3.63, 3.8) is 0 Å². The van der Waals surface area contributed by atoms with Gasteiger partial charge in [-0.1, -0.05) is 41.4 Å². The number of aliphatic hydroxyl groups is 1. The number of aromatic amines is 2. The molecule has 2 aromatic carbocycles. The lowest BCUT2D eigenvalue weighted by atomic mass is 9.96. The number of amides is 1. The molecule has 0 aliphatic rings. The summed E-state index contributed by atoms with van der Waals surface area (Å²) < 4.78 is 0. The predicted octanol–water partition coefficient (Wildman–Crippen LogP) is 4.24. The second kappa shape index (κ2) is 8.98. The van der Waals surface area contributed by atoms with E-state index in [1.54, 1.807) is 36.4 Å². The van der Waals surface area contributed by atoms with Crippen molar-refractivity contribution in [2.24, 2.45) is 0 Å². The number of carbonyl (C=O) groups is 1. The van der Waals surface area contributed by atoms with Gasteiger partial charge in [-0.25, -0.2) is 0 Å². The monoisotopic (exact) mass is 455 g/mol. The molecule has 1 amide bonds. The Balaban J connectivity index is 1.64. The molecule has 2 atom stereocenters. The maximum atomic E-state index is 13.0. The van der Waals surface area contributed by atoms with E-state index in [9.17, 15) is 14.7 Å². The van der Waals surface area contributed by atoms with Crippen LogP contribution in [0.15, 0.2) is 71.7 Å². The molecule has 158 valence electrons. The van der Waals surface area contributed by atoms with Crippen LogP contribution in [0.25, 0.3) is 10.9 Å². The molecular weight excluding hydrogens is 437 g/mol. The fourth-order valence-corrected chi connectivity index (χ4v) is 3.89. The third kappa shape index (κ3) is 4.82. The molecule has 0 fully saturated rings. The fourth-order valence-electron chi connectivity index (χ4n) is 3.49. The van der Waals surface area contributed by atoms with Crippen molar-refractivity contribution in [1.82, 2.24) is 15.3 Å². The van der Waals surface area contributed by atoms with Gasteiger partial charge in [0.2, 0.25) is 5.56 Å². The average Bonchev–Trinajstić information content (AvgIpc) is 3.17. The van der Waals surface area contributed by atoms with E-state index in [4.69, 9.17) is 23.2 Å². The van der Waals surface area contributed by atoms with Gasteiger partial charge >= 0.3 is 0 Å². The van der Waals surface area contributed by atoms with Gasteiger partial charge in [-0.2, -0.15) is 0 Å². The maximum absolute atomic E-state index is 13.0. The molecule has 0 radical (unpaired) electrons. The second-order valence-corrected chi connectivity index (χ2v) is 8.06. The van der Waals surface area contributed by atoms with Crippen molar-refractivity contribution in [2.75, 3.05) is 0 Å². The zero-order chi connectivity index (χ0) is 22.0. The first-order valence-corrected chi connectivity index (χ1v) is 10.4. The number of aliphatic hydroxyl groups excluding tert-OH is 1. The van der Waals surface area contributed by atoms with Gasteiger partial charge in [-0.15, -0.1) is 0 Å². The first-order chi connectivity index (χ1) is 14.9. The highest BCUT2D eigenvalue weighted by atomic mass is 35.5. The number of pyridine rings is 1. The summed E-state index contributed by atoms with van der Waals surface area (Å²) in [6.45, 7) is 0. The molecule has 2 unspecified atom stereocenters. The Hall–Kier alpha value is -3.06. The molecule has 0 bridgehead atoms. The maximum Gasteiger partial charge on any atom is 0.268 e. The largest absolute Gasteiger partial charge is 0.386 e. The summed E-state index contributed by atoms with van der Waals surface area (Å²) in [4.78, 5) is 30.3. The summed E-state index contributed by atoms with van der Waals surface area (Å²) in [7, 11) is 0. The zero-order valence-corrected chi connectivity index (χ0v) is 17.7. The average molecular weight is 456 g/mol. The number of H-pyrrole nitrogens is 2.